The Kier molecular flexibility index (Phi) is 10.1. The molecule has 0 radical (unpaired) electrons. The highest BCUT2D eigenvalue weighted by molar-refractivity contribution is 9.09. The van der Waals surface area contributed by atoms with Gasteiger partial charge >= 0.3 is 15.6 Å². The van der Waals surface area contributed by atoms with E-state index in [9.17, 15) is 13.2 Å². The lowest BCUT2D eigenvalue weighted by Gasteiger charge is -2.20. The summed E-state index contributed by atoms with van der Waals surface area (Å²) in [5.41, 5.74) is -5.53. The van der Waals surface area contributed by atoms with Crippen LogP contribution in [-0.2, 0) is 10.1 Å². The number of alkyl halides is 4. The Morgan fingerprint density at radius 2 is 1.59 bits per heavy atom. The molecule has 0 aromatic carbocycles. The quantitative estimate of drug-likeness (QED) is 0.301. The van der Waals surface area contributed by atoms with Gasteiger partial charge in [0.1, 0.15) is 0 Å². The normalized spacial score (nSPS) is 15.0. The molecule has 5 nitrogen and oxygen atoms in total. The second kappa shape index (κ2) is 10.3. The average molecular weight is 411 g/mol. The fourth-order valence-electron chi connectivity index (χ4n) is 1.58. The van der Waals surface area contributed by atoms with Crippen LogP contribution in [0.3, 0.4) is 0 Å². The molecule has 0 saturated heterocycles. The molecular formula is C12H22BrF3N2O3S. The molecule has 0 atom stereocenters. The lowest BCUT2D eigenvalue weighted by molar-refractivity contribution is -0.0510. The van der Waals surface area contributed by atoms with Crippen LogP contribution in [0, 0.1) is 0 Å². The third-order valence-electron chi connectivity index (χ3n) is 2.77. The van der Waals surface area contributed by atoms with Crippen molar-refractivity contribution in [3.8, 4) is 0 Å². The number of rotatable bonds is 7. The predicted octanol–water partition coefficient (Wildman–Crippen LogP) is 3.40. The highest BCUT2D eigenvalue weighted by Gasteiger charge is 2.44. The Balaban J connectivity index is 0.000000472. The molecule has 0 spiro atoms. The van der Waals surface area contributed by atoms with Crippen molar-refractivity contribution in [3.05, 3.63) is 12.4 Å². The molecule has 1 heterocycles. The molecule has 0 fully saturated rings. The van der Waals surface area contributed by atoms with Crippen molar-refractivity contribution in [2.45, 2.75) is 38.1 Å². The molecule has 1 N–H and O–H groups in total. The number of nitrogens with zero attached hydrogens (tertiary/aromatic N) is 2. The summed E-state index contributed by atoms with van der Waals surface area (Å²) in [5, 5.41) is 1.13. The zero-order valence-electron chi connectivity index (χ0n) is 12.4. The van der Waals surface area contributed by atoms with Gasteiger partial charge < -0.3 is 9.80 Å². The smallest absolute Gasteiger partial charge is 0.359 e. The molecule has 0 aliphatic carbocycles. The van der Waals surface area contributed by atoms with E-state index < -0.39 is 15.6 Å². The third kappa shape index (κ3) is 9.52. The van der Waals surface area contributed by atoms with Crippen LogP contribution in [0.5, 0.6) is 0 Å². The van der Waals surface area contributed by atoms with Crippen LogP contribution in [0.25, 0.3) is 0 Å². The zero-order chi connectivity index (χ0) is 17.2. The highest BCUT2D eigenvalue weighted by atomic mass is 79.9. The first kappa shape index (κ1) is 21.5. The highest BCUT2D eigenvalue weighted by Crippen LogP contribution is 2.20. The van der Waals surface area contributed by atoms with E-state index >= 15 is 0 Å². The van der Waals surface area contributed by atoms with E-state index in [1.807, 2.05) is 0 Å². The van der Waals surface area contributed by atoms with Crippen molar-refractivity contribution >= 4 is 26.0 Å². The second-order valence-electron chi connectivity index (χ2n) is 4.73. The number of unbranched alkanes of at least 4 members (excludes halogenated alkanes) is 2. The maximum Gasteiger partial charge on any atom is 0.522 e. The van der Waals surface area contributed by atoms with E-state index in [1.54, 1.807) is 0 Å². The van der Waals surface area contributed by atoms with E-state index in [1.165, 1.54) is 38.8 Å². The molecule has 1 aliphatic rings. The van der Waals surface area contributed by atoms with Gasteiger partial charge in [-0.3, -0.25) is 4.55 Å². The topological polar surface area (TPSA) is 60.9 Å². The molecule has 0 aromatic heterocycles. The summed E-state index contributed by atoms with van der Waals surface area (Å²) in [6.07, 6.45) is 9.61. The van der Waals surface area contributed by atoms with Gasteiger partial charge in [-0.2, -0.15) is 21.6 Å². The fourth-order valence-corrected chi connectivity index (χ4v) is 1.97. The molecule has 0 aromatic rings. The lowest BCUT2D eigenvalue weighted by Crippen LogP contribution is -2.26. The molecule has 22 heavy (non-hydrogen) atoms. The Bertz CT molecular complexity index is 430. The minimum absolute atomic E-state index is 1.10. The van der Waals surface area contributed by atoms with Crippen LogP contribution in [0.2, 0.25) is 0 Å². The van der Waals surface area contributed by atoms with Crippen LogP contribution in [0.15, 0.2) is 12.4 Å². The van der Waals surface area contributed by atoms with Gasteiger partial charge in [-0.25, -0.2) is 0 Å². The van der Waals surface area contributed by atoms with Gasteiger partial charge in [0.05, 0.1) is 6.67 Å². The van der Waals surface area contributed by atoms with Gasteiger partial charge in [-0.15, -0.1) is 0 Å². The van der Waals surface area contributed by atoms with Crippen LogP contribution in [0.1, 0.15) is 32.6 Å². The summed E-state index contributed by atoms with van der Waals surface area (Å²) in [6, 6.07) is 0. The fraction of sp³-hybridized carbons (Fsp3) is 0.833. The van der Waals surface area contributed by atoms with Crippen LogP contribution in [0.4, 0.5) is 13.2 Å². The molecule has 1 aliphatic heterocycles. The number of halogens is 4. The van der Waals surface area contributed by atoms with Gasteiger partial charge in [0.25, 0.3) is 0 Å². The summed E-state index contributed by atoms with van der Waals surface area (Å²) >= 11 is 3.46. The van der Waals surface area contributed by atoms with Crippen molar-refractivity contribution in [3.63, 3.8) is 0 Å². The van der Waals surface area contributed by atoms with Gasteiger partial charge in [0, 0.05) is 30.8 Å². The van der Waals surface area contributed by atoms with E-state index in [-0.39, 0.29) is 0 Å². The number of hydrogen-bond acceptors (Lipinski definition) is 4. The van der Waals surface area contributed by atoms with E-state index in [4.69, 9.17) is 13.0 Å². The van der Waals surface area contributed by atoms with Crippen LogP contribution < -0.4 is 0 Å². The SMILES string of the molecule is CCCCN1C=CN(CCCCBr)C1.O=S(=O)(O)C(F)(F)F. The van der Waals surface area contributed by atoms with E-state index in [0.717, 1.165) is 12.0 Å². The van der Waals surface area contributed by atoms with E-state index in [0.29, 0.717) is 0 Å². The lowest BCUT2D eigenvalue weighted by atomic mass is 10.3. The monoisotopic (exact) mass is 410 g/mol. The first-order valence-corrected chi connectivity index (χ1v) is 9.44. The molecule has 132 valence electrons. The average Bonchev–Trinajstić information content (AvgIpc) is 2.83. The van der Waals surface area contributed by atoms with E-state index in [2.05, 4.69) is 45.1 Å². The molecule has 1 rings (SSSR count). The van der Waals surface area contributed by atoms with Crippen LogP contribution in [-0.4, -0.2) is 53.4 Å². The summed E-state index contributed by atoms with van der Waals surface area (Å²) in [4.78, 5) is 4.80. The minimum Gasteiger partial charge on any atom is -0.359 e. The van der Waals surface area contributed by atoms with Crippen molar-refractivity contribution in [1.29, 1.82) is 0 Å². The molecule has 0 bridgehead atoms. The molecule has 0 unspecified atom stereocenters. The standard InChI is InChI=1S/C11H21BrN2.CHF3O3S/c1-2-3-7-13-9-10-14(11-13)8-5-4-6-12;2-1(3,4)8(5,6)7/h9-10H,2-8,11H2,1H3;(H,5,6,7). The summed E-state index contributed by atoms with van der Waals surface area (Å²) < 4.78 is 57.5. The number of hydrogen-bond donors (Lipinski definition) is 1. The van der Waals surface area contributed by atoms with Crippen molar-refractivity contribution in [1.82, 2.24) is 9.80 Å². The molecular weight excluding hydrogens is 389 g/mol. The molecule has 0 amide bonds. The Hall–Kier alpha value is -0.480. The van der Waals surface area contributed by atoms with Gasteiger partial charge in [0.2, 0.25) is 0 Å². The Morgan fingerprint density at radius 3 is 1.95 bits per heavy atom. The zero-order valence-corrected chi connectivity index (χ0v) is 14.8. The first-order chi connectivity index (χ1) is 10.1. The van der Waals surface area contributed by atoms with Crippen molar-refractivity contribution in [2.75, 3.05) is 25.1 Å². The maximum atomic E-state index is 10.7. The Labute approximate surface area is 138 Å². The summed E-state index contributed by atoms with van der Waals surface area (Å²) in [5.74, 6) is 0. The predicted molar refractivity (Wildman–Crippen MR) is 83.0 cm³/mol. The van der Waals surface area contributed by atoms with Crippen molar-refractivity contribution < 1.29 is 26.1 Å². The Morgan fingerprint density at radius 1 is 1.14 bits per heavy atom. The van der Waals surface area contributed by atoms with Crippen LogP contribution >= 0.6 is 15.9 Å². The van der Waals surface area contributed by atoms with Gasteiger partial charge in [0.15, 0.2) is 0 Å². The summed E-state index contributed by atoms with van der Waals surface area (Å²) in [6.45, 7) is 5.75. The van der Waals surface area contributed by atoms with Crippen molar-refractivity contribution in [2.24, 2.45) is 0 Å². The minimum atomic E-state index is -5.84. The third-order valence-corrected chi connectivity index (χ3v) is 3.92. The maximum absolute atomic E-state index is 10.7. The summed E-state index contributed by atoms with van der Waals surface area (Å²) in [7, 11) is -5.84. The first-order valence-electron chi connectivity index (χ1n) is 6.88. The second-order valence-corrected chi connectivity index (χ2v) is 6.94. The molecule has 0 saturated carbocycles. The van der Waals surface area contributed by atoms with Gasteiger partial charge in [-0.1, -0.05) is 29.3 Å². The molecule has 10 heteroatoms. The largest absolute Gasteiger partial charge is 0.522 e. The van der Waals surface area contributed by atoms with Gasteiger partial charge in [-0.05, 0) is 19.3 Å².